The van der Waals surface area contributed by atoms with Crippen molar-refractivity contribution in [3.63, 3.8) is 0 Å². The van der Waals surface area contributed by atoms with Gasteiger partial charge in [0.05, 0.1) is 0 Å². The van der Waals surface area contributed by atoms with E-state index in [4.69, 9.17) is 0 Å². The molecular formula is C16H30N2O2. The van der Waals surface area contributed by atoms with Crippen LogP contribution in [-0.4, -0.2) is 60.6 Å². The lowest BCUT2D eigenvalue weighted by Gasteiger charge is -2.34. The van der Waals surface area contributed by atoms with Crippen LogP contribution >= 0.6 is 0 Å². The average molecular weight is 282 g/mol. The van der Waals surface area contributed by atoms with Gasteiger partial charge < -0.3 is 9.80 Å². The molecule has 1 heterocycles. The van der Waals surface area contributed by atoms with E-state index in [2.05, 4.69) is 9.80 Å². The van der Waals surface area contributed by atoms with Crippen LogP contribution in [0.2, 0.25) is 0 Å². The molecule has 0 aliphatic carbocycles. The number of Topliss-reactive ketones (excluding diaryl/α,β-unsaturated/α-hetero) is 2. The fraction of sp³-hybridized carbons (Fsp3) is 0.875. The van der Waals surface area contributed by atoms with Gasteiger partial charge in [0, 0.05) is 63.9 Å². The number of hydrogen-bond acceptors (Lipinski definition) is 4. The molecule has 0 spiro atoms. The van der Waals surface area contributed by atoms with E-state index >= 15 is 0 Å². The van der Waals surface area contributed by atoms with E-state index in [-0.39, 0.29) is 11.8 Å². The number of hydrogen-bond donors (Lipinski definition) is 0. The van der Waals surface area contributed by atoms with Gasteiger partial charge in [-0.05, 0) is 0 Å². The van der Waals surface area contributed by atoms with Gasteiger partial charge in [-0.25, -0.2) is 0 Å². The summed E-state index contributed by atoms with van der Waals surface area (Å²) in [5.41, 5.74) is 0. The predicted molar refractivity (Wildman–Crippen MR) is 81.8 cm³/mol. The Hall–Kier alpha value is -0.740. The topological polar surface area (TPSA) is 40.6 Å². The Balaban J connectivity index is 2.17. The van der Waals surface area contributed by atoms with E-state index in [1.54, 1.807) is 0 Å². The summed E-state index contributed by atoms with van der Waals surface area (Å²) in [7, 11) is 0. The standard InChI is InChI=1S/C16H30N2O2/c1-13(2)15(19)5-7-17-9-11-18(12-10-17)8-6-16(20)14(3)4/h13-14H,5-12H2,1-4H3. The van der Waals surface area contributed by atoms with E-state index < -0.39 is 0 Å². The largest absolute Gasteiger partial charge is 0.300 e. The maximum absolute atomic E-state index is 11.6. The first kappa shape index (κ1) is 17.3. The number of carbonyl (C=O) groups is 2. The number of carbonyl (C=O) groups excluding carboxylic acids is 2. The first-order chi connectivity index (χ1) is 9.40. The molecule has 1 saturated heterocycles. The second-order valence-corrected chi connectivity index (χ2v) is 6.43. The lowest BCUT2D eigenvalue weighted by Crippen LogP contribution is -2.47. The van der Waals surface area contributed by atoms with Gasteiger partial charge in [-0.2, -0.15) is 0 Å². The van der Waals surface area contributed by atoms with Crippen LogP contribution in [0.5, 0.6) is 0 Å². The summed E-state index contributed by atoms with van der Waals surface area (Å²) in [6.45, 7) is 13.7. The summed E-state index contributed by atoms with van der Waals surface area (Å²) in [6.07, 6.45) is 1.34. The van der Waals surface area contributed by atoms with Gasteiger partial charge in [0.1, 0.15) is 11.6 Å². The third-order valence-corrected chi connectivity index (χ3v) is 4.10. The molecule has 0 N–H and O–H groups in total. The first-order valence-corrected chi connectivity index (χ1v) is 7.90. The van der Waals surface area contributed by atoms with Crippen molar-refractivity contribution in [3.8, 4) is 0 Å². The van der Waals surface area contributed by atoms with Gasteiger partial charge in [-0.15, -0.1) is 0 Å². The fourth-order valence-corrected chi connectivity index (χ4v) is 2.35. The van der Waals surface area contributed by atoms with E-state index in [1.807, 2.05) is 27.7 Å². The number of rotatable bonds is 8. The van der Waals surface area contributed by atoms with Gasteiger partial charge in [0.2, 0.25) is 0 Å². The molecule has 1 aliphatic rings. The second-order valence-electron chi connectivity index (χ2n) is 6.43. The van der Waals surface area contributed by atoms with Crippen LogP contribution in [0.25, 0.3) is 0 Å². The summed E-state index contributed by atoms with van der Waals surface area (Å²) in [5.74, 6) is 1.02. The highest BCUT2D eigenvalue weighted by atomic mass is 16.1. The van der Waals surface area contributed by atoms with Crippen molar-refractivity contribution in [3.05, 3.63) is 0 Å². The average Bonchev–Trinajstić information content (AvgIpc) is 2.42. The molecule has 0 aromatic rings. The summed E-state index contributed by atoms with van der Waals surface area (Å²) in [5, 5.41) is 0. The van der Waals surface area contributed by atoms with Crippen LogP contribution in [0.4, 0.5) is 0 Å². The third kappa shape index (κ3) is 6.14. The van der Waals surface area contributed by atoms with Crippen molar-refractivity contribution < 1.29 is 9.59 Å². The van der Waals surface area contributed by atoms with Crippen LogP contribution in [0, 0.1) is 11.8 Å². The second kappa shape index (κ2) is 8.53. The summed E-state index contributed by atoms with van der Waals surface area (Å²) in [6, 6.07) is 0. The summed E-state index contributed by atoms with van der Waals surface area (Å²) in [4.78, 5) is 28.0. The highest BCUT2D eigenvalue weighted by Crippen LogP contribution is 2.07. The van der Waals surface area contributed by atoms with Crippen molar-refractivity contribution in [2.75, 3.05) is 39.3 Å². The molecule has 4 nitrogen and oxygen atoms in total. The zero-order chi connectivity index (χ0) is 15.1. The first-order valence-electron chi connectivity index (χ1n) is 7.90. The third-order valence-electron chi connectivity index (χ3n) is 4.10. The summed E-state index contributed by atoms with van der Waals surface area (Å²) >= 11 is 0. The lowest BCUT2D eigenvalue weighted by atomic mass is 10.1. The minimum Gasteiger partial charge on any atom is -0.300 e. The molecule has 4 heteroatoms. The molecule has 0 atom stereocenters. The van der Waals surface area contributed by atoms with Crippen molar-refractivity contribution in [1.82, 2.24) is 9.80 Å². The van der Waals surface area contributed by atoms with Crippen molar-refractivity contribution >= 4 is 11.6 Å². The minimum absolute atomic E-state index is 0.151. The fourth-order valence-electron chi connectivity index (χ4n) is 2.35. The molecule has 0 aromatic carbocycles. The Morgan fingerprint density at radius 2 is 1.05 bits per heavy atom. The molecule has 0 aromatic heterocycles. The van der Waals surface area contributed by atoms with Crippen molar-refractivity contribution in [2.24, 2.45) is 11.8 Å². The molecule has 0 saturated carbocycles. The SMILES string of the molecule is CC(C)C(=O)CCN1CCN(CCC(=O)C(C)C)CC1. The van der Waals surface area contributed by atoms with Crippen molar-refractivity contribution in [1.29, 1.82) is 0 Å². The Labute approximate surface area is 123 Å². The van der Waals surface area contributed by atoms with Gasteiger partial charge in [0.15, 0.2) is 0 Å². The van der Waals surface area contributed by atoms with Gasteiger partial charge in [-0.3, -0.25) is 9.59 Å². The Morgan fingerprint density at radius 3 is 1.30 bits per heavy atom. The van der Waals surface area contributed by atoms with Crippen LogP contribution in [0.3, 0.4) is 0 Å². The van der Waals surface area contributed by atoms with Crippen LogP contribution in [-0.2, 0) is 9.59 Å². The summed E-state index contributed by atoms with van der Waals surface area (Å²) < 4.78 is 0. The molecular weight excluding hydrogens is 252 g/mol. The predicted octanol–water partition coefficient (Wildman–Crippen LogP) is 1.83. The zero-order valence-corrected chi connectivity index (χ0v) is 13.5. The van der Waals surface area contributed by atoms with Gasteiger partial charge in [-0.1, -0.05) is 27.7 Å². The van der Waals surface area contributed by atoms with Crippen LogP contribution in [0.15, 0.2) is 0 Å². The van der Waals surface area contributed by atoms with E-state index in [0.29, 0.717) is 24.4 Å². The quantitative estimate of drug-likeness (QED) is 0.681. The van der Waals surface area contributed by atoms with Crippen molar-refractivity contribution in [2.45, 2.75) is 40.5 Å². The Morgan fingerprint density at radius 1 is 0.750 bits per heavy atom. The smallest absolute Gasteiger partial charge is 0.136 e. The molecule has 1 rings (SSSR count). The minimum atomic E-state index is 0.151. The van der Waals surface area contributed by atoms with Gasteiger partial charge in [0.25, 0.3) is 0 Å². The molecule has 0 unspecified atom stereocenters. The molecule has 20 heavy (non-hydrogen) atoms. The zero-order valence-electron chi connectivity index (χ0n) is 13.5. The van der Waals surface area contributed by atoms with Crippen LogP contribution < -0.4 is 0 Å². The lowest BCUT2D eigenvalue weighted by molar-refractivity contribution is -0.123. The Kier molecular flexibility index (Phi) is 7.38. The molecule has 1 fully saturated rings. The van der Waals surface area contributed by atoms with E-state index in [9.17, 15) is 9.59 Å². The monoisotopic (exact) mass is 282 g/mol. The van der Waals surface area contributed by atoms with Crippen LogP contribution in [0.1, 0.15) is 40.5 Å². The number of ketones is 2. The maximum Gasteiger partial charge on any atom is 0.136 e. The van der Waals surface area contributed by atoms with Gasteiger partial charge >= 0.3 is 0 Å². The normalized spacial score (nSPS) is 17.9. The van der Waals surface area contributed by atoms with E-state index in [0.717, 1.165) is 39.3 Å². The molecule has 0 radical (unpaired) electrons. The molecule has 0 amide bonds. The van der Waals surface area contributed by atoms with E-state index in [1.165, 1.54) is 0 Å². The molecule has 116 valence electrons. The Bertz CT molecular complexity index is 286. The number of nitrogens with zero attached hydrogens (tertiary/aromatic N) is 2. The molecule has 1 aliphatic heterocycles. The maximum atomic E-state index is 11.6. The highest BCUT2D eigenvalue weighted by Gasteiger charge is 2.19. The number of piperazine rings is 1. The highest BCUT2D eigenvalue weighted by molar-refractivity contribution is 5.80. The molecule has 0 bridgehead atoms.